The number of nitrogens with zero attached hydrogens (tertiary/aromatic N) is 1. The monoisotopic (exact) mass is 394 g/mol. The predicted molar refractivity (Wildman–Crippen MR) is 96.6 cm³/mol. The number of carbonyl (C=O) groups is 1. The van der Waals surface area contributed by atoms with Gasteiger partial charge in [-0.2, -0.15) is 0 Å². The summed E-state index contributed by atoms with van der Waals surface area (Å²) in [6.07, 6.45) is 0. The van der Waals surface area contributed by atoms with Crippen LogP contribution in [0.25, 0.3) is 0 Å². The van der Waals surface area contributed by atoms with Crippen molar-refractivity contribution in [1.82, 2.24) is 0 Å². The summed E-state index contributed by atoms with van der Waals surface area (Å²) in [7, 11) is 0. The van der Waals surface area contributed by atoms with Gasteiger partial charge in [0.1, 0.15) is 0 Å². The molecular formula is C17H16BrClN2O2. The number of morpholine rings is 1. The van der Waals surface area contributed by atoms with Crippen molar-refractivity contribution >= 4 is 44.8 Å². The summed E-state index contributed by atoms with van der Waals surface area (Å²) in [6.45, 7) is 3.19. The first kappa shape index (κ1) is 16.3. The van der Waals surface area contributed by atoms with Crippen LogP contribution in [0.15, 0.2) is 46.9 Å². The molecule has 1 aliphatic heterocycles. The molecule has 0 spiro atoms. The van der Waals surface area contributed by atoms with E-state index in [2.05, 4.69) is 26.1 Å². The summed E-state index contributed by atoms with van der Waals surface area (Å²) in [6, 6.07) is 13.0. The third kappa shape index (κ3) is 4.05. The van der Waals surface area contributed by atoms with Crippen LogP contribution in [0.5, 0.6) is 0 Å². The lowest BCUT2D eigenvalue weighted by Crippen LogP contribution is -2.36. The first-order valence-corrected chi connectivity index (χ1v) is 8.50. The van der Waals surface area contributed by atoms with E-state index in [1.807, 2.05) is 24.3 Å². The van der Waals surface area contributed by atoms with Crippen molar-refractivity contribution in [2.45, 2.75) is 0 Å². The topological polar surface area (TPSA) is 41.6 Å². The Morgan fingerprint density at radius 2 is 1.96 bits per heavy atom. The van der Waals surface area contributed by atoms with E-state index >= 15 is 0 Å². The van der Waals surface area contributed by atoms with Crippen molar-refractivity contribution < 1.29 is 9.53 Å². The maximum absolute atomic E-state index is 12.4. The molecule has 4 nitrogen and oxygen atoms in total. The molecule has 2 aromatic carbocycles. The second kappa shape index (κ2) is 7.34. The van der Waals surface area contributed by atoms with Crippen LogP contribution in [0, 0.1) is 0 Å². The zero-order valence-electron chi connectivity index (χ0n) is 12.4. The fraction of sp³-hybridized carbons (Fsp3) is 0.235. The summed E-state index contributed by atoms with van der Waals surface area (Å²) in [5.74, 6) is -0.165. The van der Waals surface area contributed by atoms with E-state index in [1.54, 1.807) is 18.2 Å². The molecule has 0 bridgehead atoms. The number of amides is 1. The molecule has 1 saturated heterocycles. The third-order valence-corrected chi connectivity index (χ3v) is 4.88. The summed E-state index contributed by atoms with van der Waals surface area (Å²) >= 11 is 9.29. The average Bonchev–Trinajstić information content (AvgIpc) is 2.58. The Labute approximate surface area is 148 Å². The number of hydrogen-bond acceptors (Lipinski definition) is 3. The third-order valence-electron chi connectivity index (χ3n) is 3.66. The highest BCUT2D eigenvalue weighted by Gasteiger charge is 2.13. The molecule has 3 rings (SSSR count). The molecule has 0 radical (unpaired) electrons. The molecule has 0 aliphatic carbocycles. The van der Waals surface area contributed by atoms with Gasteiger partial charge in [0, 0.05) is 34.5 Å². The number of hydrogen-bond donors (Lipinski definition) is 1. The van der Waals surface area contributed by atoms with Crippen LogP contribution in [0.2, 0.25) is 5.02 Å². The van der Waals surface area contributed by atoms with E-state index in [4.69, 9.17) is 16.3 Å². The first-order chi connectivity index (χ1) is 11.1. The van der Waals surface area contributed by atoms with Gasteiger partial charge in [0.15, 0.2) is 0 Å². The summed E-state index contributed by atoms with van der Waals surface area (Å²) in [4.78, 5) is 14.6. The van der Waals surface area contributed by atoms with E-state index in [0.29, 0.717) is 15.1 Å². The van der Waals surface area contributed by atoms with E-state index in [9.17, 15) is 4.79 Å². The second-order valence-corrected chi connectivity index (χ2v) is 6.49. The van der Waals surface area contributed by atoms with E-state index in [-0.39, 0.29) is 5.91 Å². The number of anilines is 2. The second-order valence-electron chi connectivity index (χ2n) is 5.23. The molecule has 0 aromatic heterocycles. The number of ether oxygens (including phenoxy) is 1. The smallest absolute Gasteiger partial charge is 0.255 e. The van der Waals surface area contributed by atoms with Gasteiger partial charge in [-0.05, 0) is 52.3 Å². The number of rotatable bonds is 3. The summed E-state index contributed by atoms with van der Waals surface area (Å²) < 4.78 is 6.07. The minimum Gasteiger partial charge on any atom is -0.378 e. The van der Waals surface area contributed by atoms with Crippen LogP contribution in [-0.4, -0.2) is 32.2 Å². The van der Waals surface area contributed by atoms with Gasteiger partial charge in [0.2, 0.25) is 0 Å². The zero-order valence-corrected chi connectivity index (χ0v) is 14.7. The number of benzene rings is 2. The maximum Gasteiger partial charge on any atom is 0.255 e. The normalized spacial score (nSPS) is 14.6. The number of halogens is 2. The van der Waals surface area contributed by atoms with Crippen molar-refractivity contribution in [2.24, 2.45) is 0 Å². The van der Waals surface area contributed by atoms with Gasteiger partial charge in [0.05, 0.1) is 18.2 Å². The molecule has 1 heterocycles. The highest BCUT2D eigenvalue weighted by Crippen LogP contribution is 2.24. The predicted octanol–water partition coefficient (Wildman–Crippen LogP) is 4.19. The summed E-state index contributed by atoms with van der Waals surface area (Å²) in [5, 5.41) is 3.50. The SMILES string of the molecule is O=C(Nc1cccc(N2CCOCC2)c1)c1ccc(Cl)c(Br)c1. The maximum atomic E-state index is 12.4. The Balaban J connectivity index is 1.74. The molecule has 1 aliphatic rings. The molecule has 0 atom stereocenters. The van der Waals surface area contributed by atoms with Gasteiger partial charge >= 0.3 is 0 Å². The number of nitrogens with one attached hydrogen (secondary N) is 1. The largest absolute Gasteiger partial charge is 0.378 e. The Hall–Kier alpha value is -1.56. The van der Waals surface area contributed by atoms with Gasteiger partial charge in [-0.3, -0.25) is 4.79 Å². The molecule has 0 saturated carbocycles. The molecule has 2 aromatic rings. The van der Waals surface area contributed by atoms with Gasteiger partial charge < -0.3 is 15.0 Å². The van der Waals surface area contributed by atoms with Gasteiger partial charge in [0.25, 0.3) is 5.91 Å². The lowest BCUT2D eigenvalue weighted by atomic mass is 10.2. The van der Waals surface area contributed by atoms with E-state index in [1.165, 1.54) is 0 Å². The summed E-state index contributed by atoms with van der Waals surface area (Å²) in [5.41, 5.74) is 2.41. The Kier molecular flexibility index (Phi) is 5.20. The molecule has 23 heavy (non-hydrogen) atoms. The lowest BCUT2D eigenvalue weighted by Gasteiger charge is -2.29. The Morgan fingerprint density at radius 3 is 2.70 bits per heavy atom. The van der Waals surface area contributed by atoms with E-state index < -0.39 is 0 Å². The fourth-order valence-corrected chi connectivity index (χ4v) is 2.94. The highest BCUT2D eigenvalue weighted by molar-refractivity contribution is 9.10. The van der Waals surface area contributed by atoms with Crippen molar-refractivity contribution in [3.05, 3.63) is 57.5 Å². The Bertz CT molecular complexity index is 717. The molecule has 0 unspecified atom stereocenters. The standard InChI is InChI=1S/C17H16BrClN2O2/c18-15-10-12(4-5-16(15)19)17(22)20-13-2-1-3-14(11-13)21-6-8-23-9-7-21/h1-5,10-11H,6-9H2,(H,20,22). The molecule has 1 fully saturated rings. The fourth-order valence-electron chi connectivity index (χ4n) is 2.44. The zero-order chi connectivity index (χ0) is 16.2. The van der Waals surface area contributed by atoms with Gasteiger partial charge in [-0.1, -0.05) is 17.7 Å². The van der Waals surface area contributed by atoms with Crippen LogP contribution in [0.4, 0.5) is 11.4 Å². The lowest BCUT2D eigenvalue weighted by molar-refractivity contribution is 0.102. The minimum atomic E-state index is -0.165. The van der Waals surface area contributed by atoms with E-state index in [0.717, 1.165) is 37.7 Å². The van der Waals surface area contributed by atoms with Crippen molar-refractivity contribution in [3.8, 4) is 0 Å². The highest BCUT2D eigenvalue weighted by atomic mass is 79.9. The molecule has 1 N–H and O–H groups in total. The molecular weight excluding hydrogens is 380 g/mol. The van der Waals surface area contributed by atoms with Gasteiger partial charge in [-0.25, -0.2) is 0 Å². The van der Waals surface area contributed by atoms with Crippen LogP contribution in [0.1, 0.15) is 10.4 Å². The quantitative estimate of drug-likeness (QED) is 0.847. The van der Waals surface area contributed by atoms with Crippen LogP contribution < -0.4 is 10.2 Å². The first-order valence-electron chi connectivity index (χ1n) is 7.32. The van der Waals surface area contributed by atoms with Crippen molar-refractivity contribution in [3.63, 3.8) is 0 Å². The average molecular weight is 396 g/mol. The number of carbonyl (C=O) groups excluding carboxylic acids is 1. The Morgan fingerprint density at radius 1 is 1.17 bits per heavy atom. The van der Waals surface area contributed by atoms with Crippen LogP contribution in [0.3, 0.4) is 0 Å². The van der Waals surface area contributed by atoms with Crippen LogP contribution >= 0.6 is 27.5 Å². The van der Waals surface area contributed by atoms with Gasteiger partial charge in [-0.15, -0.1) is 0 Å². The molecule has 120 valence electrons. The molecule has 1 amide bonds. The minimum absolute atomic E-state index is 0.165. The molecule has 6 heteroatoms. The van der Waals surface area contributed by atoms with Crippen molar-refractivity contribution in [2.75, 3.05) is 36.5 Å². The van der Waals surface area contributed by atoms with Crippen molar-refractivity contribution in [1.29, 1.82) is 0 Å². The van der Waals surface area contributed by atoms with Crippen LogP contribution in [-0.2, 0) is 4.74 Å².